The molecule has 0 unspecified atom stereocenters. The molecule has 1 aromatic heterocycles. The van der Waals surface area contributed by atoms with Crippen LogP contribution in [0.15, 0.2) is 65.5 Å². The van der Waals surface area contributed by atoms with Crippen LogP contribution in [0.5, 0.6) is 5.75 Å². The van der Waals surface area contributed by atoms with Gasteiger partial charge in [0.25, 0.3) is 5.56 Å². The molecule has 1 N–H and O–H groups in total. The van der Waals surface area contributed by atoms with Gasteiger partial charge in [0, 0.05) is 17.2 Å². The summed E-state index contributed by atoms with van der Waals surface area (Å²) in [4.78, 5) is 13.1. The quantitative estimate of drug-likeness (QED) is 0.742. The van der Waals surface area contributed by atoms with Gasteiger partial charge < -0.3 is 5.11 Å². The number of nitrogens with zero attached hydrogens (tertiary/aromatic N) is 1. The zero-order valence-corrected chi connectivity index (χ0v) is 13.1. The number of benzene rings is 2. The number of aromatic nitrogens is 1. The summed E-state index contributed by atoms with van der Waals surface area (Å²) in [6.45, 7) is 4.15. The van der Waals surface area contributed by atoms with Crippen LogP contribution in [0.2, 0.25) is 0 Å². The minimum Gasteiger partial charge on any atom is -0.507 e. The second-order valence-electron chi connectivity index (χ2n) is 6.44. The van der Waals surface area contributed by atoms with Crippen molar-refractivity contribution in [2.75, 3.05) is 0 Å². The molecule has 0 aliphatic carbocycles. The Balaban J connectivity index is 2.11. The van der Waals surface area contributed by atoms with E-state index in [0.29, 0.717) is 5.56 Å². The average molecular weight is 303 g/mol. The molecule has 3 aromatic rings. The van der Waals surface area contributed by atoms with Gasteiger partial charge in [-0.2, -0.15) is 0 Å². The van der Waals surface area contributed by atoms with E-state index in [0.717, 1.165) is 22.5 Å². The minimum atomic E-state index is -0.317. The molecule has 0 bridgehead atoms. The first-order valence-electron chi connectivity index (χ1n) is 7.66. The van der Waals surface area contributed by atoms with Crippen molar-refractivity contribution in [3.63, 3.8) is 0 Å². The van der Waals surface area contributed by atoms with Gasteiger partial charge in [-0.1, -0.05) is 62.4 Å². The fourth-order valence-electron chi connectivity index (χ4n) is 3.51. The number of rotatable bonds is 1. The summed E-state index contributed by atoms with van der Waals surface area (Å²) in [7, 11) is 0. The van der Waals surface area contributed by atoms with Gasteiger partial charge in [0.1, 0.15) is 5.75 Å². The molecule has 0 spiro atoms. The lowest BCUT2D eigenvalue weighted by atomic mass is 9.83. The van der Waals surface area contributed by atoms with Crippen LogP contribution in [0.3, 0.4) is 0 Å². The zero-order valence-electron chi connectivity index (χ0n) is 13.1. The molecule has 1 aliphatic heterocycles. The van der Waals surface area contributed by atoms with Crippen LogP contribution < -0.4 is 5.56 Å². The van der Waals surface area contributed by atoms with Gasteiger partial charge >= 0.3 is 0 Å². The predicted octanol–water partition coefficient (Wildman–Crippen LogP) is 3.85. The van der Waals surface area contributed by atoms with Crippen LogP contribution in [0.4, 0.5) is 0 Å². The SMILES string of the molecule is CC1(C)c2ccccc2-n2c1cc(O)c(-c1ccccc1)c2=O. The highest BCUT2D eigenvalue weighted by molar-refractivity contribution is 5.72. The molecule has 0 radical (unpaired) electrons. The van der Waals surface area contributed by atoms with Gasteiger partial charge in [-0.05, 0) is 17.2 Å². The Morgan fingerprint density at radius 2 is 1.61 bits per heavy atom. The van der Waals surface area contributed by atoms with E-state index in [4.69, 9.17) is 0 Å². The first-order valence-corrected chi connectivity index (χ1v) is 7.66. The predicted molar refractivity (Wildman–Crippen MR) is 91.3 cm³/mol. The number of hydrogen-bond donors (Lipinski definition) is 1. The lowest BCUT2D eigenvalue weighted by molar-refractivity contribution is 0.471. The van der Waals surface area contributed by atoms with Crippen LogP contribution in [0, 0.1) is 0 Å². The van der Waals surface area contributed by atoms with Crippen LogP contribution in [-0.4, -0.2) is 9.67 Å². The molecule has 3 nitrogen and oxygen atoms in total. The van der Waals surface area contributed by atoms with Gasteiger partial charge in [-0.15, -0.1) is 0 Å². The highest BCUT2D eigenvalue weighted by atomic mass is 16.3. The maximum Gasteiger partial charge on any atom is 0.266 e. The molecule has 2 heterocycles. The molecule has 0 saturated heterocycles. The Morgan fingerprint density at radius 3 is 2.35 bits per heavy atom. The third kappa shape index (κ3) is 1.80. The first-order chi connectivity index (χ1) is 11.0. The van der Waals surface area contributed by atoms with Crippen LogP contribution in [0.1, 0.15) is 25.1 Å². The summed E-state index contributed by atoms with van der Waals surface area (Å²) in [5.74, 6) is 0.0355. The van der Waals surface area contributed by atoms with Crippen molar-refractivity contribution in [1.29, 1.82) is 0 Å². The average Bonchev–Trinajstić information content (AvgIpc) is 2.77. The number of hydrogen-bond acceptors (Lipinski definition) is 2. The highest BCUT2D eigenvalue weighted by Gasteiger charge is 2.37. The van der Waals surface area contributed by atoms with Crippen molar-refractivity contribution in [3.8, 4) is 22.6 Å². The smallest absolute Gasteiger partial charge is 0.266 e. The molecule has 4 rings (SSSR count). The third-order valence-electron chi connectivity index (χ3n) is 4.71. The molecular weight excluding hydrogens is 286 g/mol. The van der Waals surface area contributed by atoms with E-state index in [2.05, 4.69) is 13.8 Å². The van der Waals surface area contributed by atoms with Crippen molar-refractivity contribution in [3.05, 3.63) is 82.3 Å². The van der Waals surface area contributed by atoms with Crippen molar-refractivity contribution < 1.29 is 5.11 Å². The Labute approximate surface area is 134 Å². The Kier molecular flexibility index (Phi) is 2.76. The Hall–Kier alpha value is -2.81. The van der Waals surface area contributed by atoms with Crippen molar-refractivity contribution in [2.24, 2.45) is 0 Å². The molecule has 0 saturated carbocycles. The topological polar surface area (TPSA) is 42.2 Å². The summed E-state index contributed by atoms with van der Waals surface area (Å²) in [6.07, 6.45) is 0. The van der Waals surface area contributed by atoms with Gasteiger partial charge in [-0.3, -0.25) is 9.36 Å². The van der Waals surface area contributed by atoms with Crippen molar-refractivity contribution in [1.82, 2.24) is 4.57 Å². The van der Waals surface area contributed by atoms with E-state index in [1.807, 2.05) is 54.6 Å². The van der Waals surface area contributed by atoms with E-state index in [1.54, 1.807) is 10.6 Å². The number of fused-ring (bicyclic) bond motifs is 3. The largest absolute Gasteiger partial charge is 0.507 e. The highest BCUT2D eigenvalue weighted by Crippen LogP contribution is 2.43. The van der Waals surface area contributed by atoms with Gasteiger partial charge in [0.2, 0.25) is 0 Å². The first kappa shape index (κ1) is 13.8. The van der Waals surface area contributed by atoms with E-state index in [9.17, 15) is 9.90 Å². The van der Waals surface area contributed by atoms with E-state index >= 15 is 0 Å². The summed E-state index contributed by atoms with van der Waals surface area (Å²) in [5.41, 5.74) is 3.40. The van der Waals surface area contributed by atoms with E-state index < -0.39 is 0 Å². The molecule has 0 atom stereocenters. The standard InChI is InChI=1S/C20H17NO2/c1-20(2)14-10-6-7-11-15(14)21-17(20)12-16(22)18(19(21)23)13-8-4-3-5-9-13/h3-12,22H,1-2H3. The molecule has 23 heavy (non-hydrogen) atoms. The third-order valence-corrected chi connectivity index (χ3v) is 4.71. The summed E-state index contributed by atoms with van der Waals surface area (Å²) < 4.78 is 1.73. The van der Waals surface area contributed by atoms with Crippen molar-refractivity contribution >= 4 is 0 Å². The zero-order chi connectivity index (χ0) is 16.2. The summed E-state index contributed by atoms with van der Waals surface area (Å²) in [6, 6.07) is 19.0. The molecule has 3 heteroatoms. The lowest BCUT2D eigenvalue weighted by Crippen LogP contribution is -2.24. The molecule has 114 valence electrons. The Morgan fingerprint density at radius 1 is 0.957 bits per heavy atom. The monoisotopic (exact) mass is 303 g/mol. The van der Waals surface area contributed by atoms with Crippen LogP contribution in [-0.2, 0) is 5.41 Å². The fraction of sp³-hybridized carbons (Fsp3) is 0.150. The number of pyridine rings is 1. The molecule has 0 fully saturated rings. The molecule has 2 aromatic carbocycles. The van der Waals surface area contributed by atoms with Gasteiger partial charge in [-0.25, -0.2) is 0 Å². The number of para-hydroxylation sites is 1. The summed E-state index contributed by atoms with van der Waals surface area (Å²) >= 11 is 0. The second kappa shape index (κ2) is 4.59. The molecule has 1 aliphatic rings. The maximum absolute atomic E-state index is 13.1. The summed E-state index contributed by atoms with van der Waals surface area (Å²) in [5, 5.41) is 10.5. The van der Waals surface area contributed by atoms with Crippen LogP contribution in [0.25, 0.3) is 16.8 Å². The van der Waals surface area contributed by atoms with E-state index in [-0.39, 0.29) is 16.7 Å². The lowest BCUT2D eigenvalue weighted by Gasteiger charge is -2.20. The minimum absolute atomic E-state index is 0.0355. The fourth-order valence-corrected chi connectivity index (χ4v) is 3.51. The molecular formula is C20H17NO2. The van der Waals surface area contributed by atoms with E-state index in [1.165, 1.54) is 0 Å². The second-order valence-corrected chi connectivity index (χ2v) is 6.44. The normalized spacial score (nSPS) is 14.3. The van der Waals surface area contributed by atoms with Crippen molar-refractivity contribution in [2.45, 2.75) is 19.3 Å². The maximum atomic E-state index is 13.1. The van der Waals surface area contributed by atoms with Gasteiger partial charge in [0.15, 0.2) is 0 Å². The Bertz CT molecular complexity index is 969. The van der Waals surface area contributed by atoms with Gasteiger partial charge in [0.05, 0.1) is 11.3 Å². The van der Waals surface area contributed by atoms with Crippen LogP contribution >= 0.6 is 0 Å². The molecule has 0 amide bonds. The number of aromatic hydroxyl groups is 1.